The van der Waals surface area contributed by atoms with Gasteiger partial charge in [-0.3, -0.25) is 14.4 Å². The van der Waals surface area contributed by atoms with E-state index in [0.717, 1.165) is 0 Å². The Morgan fingerprint density at radius 3 is 1.85 bits per heavy atom. The molecule has 0 bridgehead atoms. The Bertz CT molecular complexity index is 408. The first kappa shape index (κ1) is 25.9. The van der Waals surface area contributed by atoms with E-state index < -0.39 is 0 Å². The maximum absolute atomic E-state index is 12.4. The van der Waals surface area contributed by atoms with Gasteiger partial charge in [0.25, 0.3) is 0 Å². The molecule has 27 heavy (non-hydrogen) atoms. The number of alkyl halides is 2. The third kappa shape index (κ3) is 15.6. The van der Waals surface area contributed by atoms with Gasteiger partial charge in [0.15, 0.2) is 0 Å². The molecule has 0 aliphatic heterocycles. The Balaban J connectivity index is 4.13. The van der Waals surface area contributed by atoms with Crippen LogP contribution in [0.5, 0.6) is 0 Å². The number of hydrogen-bond acceptors (Lipinski definition) is 6. The van der Waals surface area contributed by atoms with Crippen LogP contribution in [0.15, 0.2) is 0 Å². The van der Waals surface area contributed by atoms with Gasteiger partial charge in [0.05, 0.1) is 19.8 Å². The molecule has 0 aromatic carbocycles. The van der Waals surface area contributed by atoms with E-state index in [2.05, 4.69) is 10.6 Å². The molecule has 11 heteroatoms. The average Bonchev–Trinajstić information content (AvgIpc) is 2.68. The second-order valence-corrected chi connectivity index (χ2v) is 6.00. The molecule has 0 aliphatic carbocycles. The van der Waals surface area contributed by atoms with Crippen LogP contribution in [0.2, 0.25) is 0 Å². The zero-order valence-electron chi connectivity index (χ0n) is 15.5. The monoisotopic (exact) mass is 428 g/mol. The number of carbonyl (C=O) groups is 3. The van der Waals surface area contributed by atoms with Crippen LogP contribution in [0.25, 0.3) is 0 Å². The smallest absolute Gasteiger partial charge is 0.234 e. The molecule has 9 nitrogen and oxygen atoms in total. The molecule has 0 fully saturated rings. The first-order valence-electron chi connectivity index (χ1n) is 8.83. The van der Waals surface area contributed by atoms with Gasteiger partial charge in [0.2, 0.25) is 17.7 Å². The van der Waals surface area contributed by atoms with Crippen LogP contribution in [-0.2, 0) is 23.9 Å². The fraction of sp³-hybridized carbons (Fsp3) is 0.812. The maximum atomic E-state index is 12.4. The van der Waals surface area contributed by atoms with Gasteiger partial charge in [0, 0.05) is 45.8 Å². The number of ether oxygens (including phenoxy) is 2. The third-order valence-corrected chi connectivity index (χ3v) is 3.80. The van der Waals surface area contributed by atoms with Crippen LogP contribution in [0.4, 0.5) is 0 Å². The van der Waals surface area contributed by atoms with Crippen molar-refractivity contribution in [2.24, 2.45) is 5.73 Å². The number of rotatable bonds is 17. The molecule has 0 atom stereocenters. The van der Waals surface area contributed by atoms with Crippen molar-refractivity contribution in [1.82, 2.24) is 15.5 Å². The minimum absolute atomic E-state index is 0.0850. The average molecular weight is 429 g/mol. The fourth-order valence-electron chi connectivity index (χ4n) is 2.01. The number of hydrogen-bond donors (Lipinski definition) is 3. The molecule has 0 aromatic rings. The lowest BCUT2D eigenvalue weighted by Gasteiger charge is -2.23. The summed E-state index contributed by atoms with van der Waals surface area (Å²) in [6.07, 6.45) is 0.866. The summed E-state index contributed by atoms with van der Waals surface area (Å²) in [5, 5.41) is 5.22. The summed E-state index contributed by atoms with van der Waals surface area (Å²) >= 11 is 10.8. The SMILES string of the molecule is NCCOCCOCCCC(=O)N(CCNC(=O)CCl)CCNC(=O)CCl. The van der Waals surface area contributed by atoms with Gasteiger partial charge in [-0.2, -0.15) is 0 Å². The summed E-state index contributed by atoms with van der Waals surface area (Å²) < 4.78 is 10.6. The molecule has 0 saturated carbocycles. The molecule has 0 heterocycles. The summed E-state index contributed by atoms with van der Waals surface area (Å²) in [4.78, 5) is 36.3. The molecular formula is C16H30Cl2N4O5. The zero-order valence-corrected chi connectivity index (χ0v) is 17.0. The molecule has 0 unspecified atom stereocenters. The Labute approximate surface area is 170 Å². The van der Waals surface area contributed by atoms with E-state index in [1.165, 1.54) is 0 Å². The summed E-state index contributed by atoms with van der Waals surface area (Å²) in [5.74, 6) is -0.953. The summed E-state index contributed by atoms with van der Waals surface area (Å²) in [5.41, 5.74) is 5.30. The predicted molar refractivity (Wildman–Crippen MR) is 104 cm³/mol. The van der Waals surface area contributed by atoms with E-state index in [4.69, 9.17) is 38.4 Å². The van der Waals surface area contributed by atoms with Crippen LogP contribution in [0.3, 0.4) is 0 Å². The minimum atomic E-state index is -0.301. The predicted octanol–water partition coefficient (Wildman–Crippen LogP) is -0.703. The van der Waals surface area contributed by atoms with Gasteiger partial charge < -0.3 is 30.7 Å². The topological polar surface area (TPSA) is 123 Å². The highest BCUT2D eigenvalue weighted by Crippen LogP contribution is 1.99. The quantitative estimate of drug-likeness (QED) is 0.208. The molecule has 4 N–H and O–H groups in total. The molecule has 0 aromatic heterocycles. The number of nitrogens with zero attached hydrogens (tertiary/aromatic N) is 1. The van der Waals surface area contributed by atoms with Crippen molar-refractivity contribution in [3.05, 3.63) is 0 Å². The van der Waals surface area contributed by atoms with E-state index in [1.54, 1.807) is 4.90 Å². The minimum Gasteiger partial charge on any atom is -0.379 e. The number of amides is 3. The van der Waals surface area contributed by atoms with Crippen molar-refractivity contribution in [3.63, 3.8) is 0 Å². The van der Waals surface area contributed by atoms with Crippen molar-refractivity contribution in [2.75, 3.05) is 70.9 Å². The standard InChI is InChI=1S/C16H30Cl2N4O5/c17-12-14(23)20-4-6-22(7-5-21-15(24)13-18)16(25)2-1-8-26-10-11-27-9-3-19/h1-13,19H2,(H,20,23)(H,21,24). The van der Waals surface area contributed by atoms with Gasteiger partial charge in [0.1, 0.15) is 11.8 Å². The Kier molecular flexibility index (Phi) is 17.5. The highest BCUT2D eigenvalue weighted by atomic mass is 35.5. The lowest BCUT2D eigenvalue weighted by molar-refractivity contribution is -0.132. The third-order valence-electron chi connectivity index (χ3n) is 3.32. The van der Waals surface area contributed by atoms with Crippen LogP contribution >= 0.6 is 23.2 Å². The molecule has 0 radical (unpaired) electrons. The van der Waals surface area contributed by atoms with Gasteiger partial charge >= 0.3 is 0 Å². The molecule has 158 valence electrons. The highest BCUT2D eigenvalue weighted by Gasteiger charge is 2.13. The second kappa shape index (κ2) is 18.2. The lowest BCUT2D eigenvalue weighted by Crippen LogP contribution is -2.43. The maximum Gasteiger partial charge on any atom is 0.234 e. The number of carbonyl (C=O) groups excluding carboxylic acids is 3. The molecule has 0 saturated heterocycles. The zero-order chi connectivity index (χ0) is 20.3. The normalized spacial score (nSPS) is 10.5. The second-order valence-electron chi connectivity index (χ2n) is 5.46. The van der Waals surface area contributed by atoms with Crippen molar-refractivity contribution in [3.8, 4) is 0 Å². The van der Waals surface area contributed by atoms with Gasteiger partial charge in [-0.25, -0.2) is 0 Å². The van der Waals surface area contributed by atoms with E-state index in [0.29, 0.717) is 58.9 Å². The lowest BCUT2D eigenvalue weighted by atomic mass is 10.2. The first-order chi connectivity index (χ1) is 13.0. The molecule has 3 amide bonds. The molecule has 0 rings (SSSR count). The van der Waals surface area contributed by atoms with E-state index >= 15 is 0 Å². The fourth-order valence-corrected chi connectivity index (χ4v) is 2.19. The summed E-state index contributed by atoms with van der Waals surface area (Å²) in [7, 11) is 0. The Hall–Kier alpha value is -1.13. The van der Waals surface area contributed by atoms with Crippen molar-refractivity contribution < 1.29 is 23.9 Å². The van der Waals surface area contributed by atoms with E-state index in [-0.39, 0.29) is 42.6 Å². The van der Waals surface area contributed by atoms with E-state index in [1.807, 2.05) is 0 Å². The summed E-state index contributed by atoms with van der Waals surface area (Å²) in [6.45, 7) is 3.56. The van der Waals surface area contributed by atoms with Crippen LogP contribution < -0.4 is 16.4 Å². The molecular weight excluding hydrogens is 399 g/mol. The van der Waals surface area contributed by atoms with Crippen molar-refractivity contribution in [1.29, 1.82) is 0 Å². The Morgan fingerprint density at radius 1 is 0.852 bits per heavy atom. The summed E-state index contributed by atoms with van der Waals surface area (Å²) in [6, 6.07) is 0. The van der Waals surface area contributed by atoms with Crippen LogP contribution in [-0.4, -0.2) is 93.5 Å². The molecule has 0 aliphatic rings. The van der Waals surface area contributed by atoms with Gasteiger partial charge in [-0.15, -0.1) is 23.2 Å². The number of nitrogens with one attached hydrogen (secondary N) is 2. The molecule has 0 spiro atoms. The van der Waals surface area contributed by atoms with Gasteiger partial charge in [-0.1, -0.05) is 0 Å². The number of nitrogens with two attached hydrogens (primary N) is 1. The van der Waals surface area contributed by atoms with Crippen molar-refractivity contribution >= 4 is 40.9 Å². The Morgan fingerprint density at radius 2 is 1.37 bits per heavy atom. The van der Waals surface area contributed by atoms with Crippen molar-refractivity contribution in [2.45, 2.75) is 12.8 Å². The number of halogens is 2. The van der Waals surface area contributed by atoms with Crippen LogP contribution in [0, 0.1) is 0 Å². The largest absolute Gasteiger partial charge is 0.379 e. The van der Waals surface area contributed by atoms with E-state index in [9.17, 15) is 14.4 Å². The van der Waals surface area contributed by atoms with Crippen LogP contribution in [0.1, 0.15) is 12.8 Å². The first-order valence-corrected chi connectivity index (χ1v) is 9.90. The highest BCUT2D eigenvalue weighted by molar-refractivity contribution is 6.27. The van der Waals surface area contributed by atoms with Gasteiger partial charge in [-0.05, 0) is 6.42 Å².